The van der Waals surface area contributed by atoms with Crippen LogP contribution in [0.1, 0.15) is 62.8 Å². The minimum Gasteiger partial charge on any atom is -0.545 e. The van der Waals surface area contributed by atoms with Gasteiger partial charge in [0, 0.05) is 41.5 Å². The zero-order valence-corrected chi connectivity index (χ0v) is 28.8. The Morgan fingerprint density at radius 1 is 1.05 bits per heavy atom. The first-order valence-electron chi connectivity index (χ1n) is 13.0. The SMILES string of the molecule is COc1c(N2CCC(=C(Cl)CNC(=O)c3ccccc3C(=O)[O-])CC2)c(F)cc2c(=O)c(C(=O)[O-])cn(C3CC3)c12.[Na+].[Na+]. The van der Waals surface area contributed by atoms with Crippen LogP contribution in [-0.2, 0) is 0 Å². The second-order valence-electron chi connectivity index (χ2n) is 9.95. The zero-order chi connectivity index (χ0) is 29.4. The number of hydrogen-bond donors (Lipinski definition) is 1. The number of halogens is 2. The second-order valence-corrected chi connectivity index (χ2v) is 10.4. The smallest absolute Gasteiger partial charge is 0.545 e. The van der Waals surface area contributed by atoms with Crippen molar-refractivity contribution in [2.24, 2.45) is 0 Å². The molecule has 2 aromatic carbocycles. The van der Waals surface area contributed by atoms with Gasteiger partial charge < -0.3 is 39.3 Å². The van der Waals surface area contributed by atoms with E-state index in [1.165, 1.54) is 31.5 Å². The number of benzene rings is 2. The Morgan fingerprint density at radius 3 is 2.21 bits per heavy atom. The van der Waals surface area contributed by atoms with E-state index in [9.17, 15) is 29.4 Å². The summed E-state index contributed by atoms with van der Waals surface area (Å²) in [6.07, 6.45) is 3.71. The number of piperidine rings is 1. The number of nitrogens with one attached hydrogen (secondary N) is 1. The molecule has 0 spiro atoms. The topological polar surface area (TPSA) is 144 Å². The van der Waals surface area contributed by atoms with E-state index in [1.807, 2.05) is 0 Å². The van der Waals surface area contributed by atoms with Crippen molar-refractivity contribution in [3.8, 4) is 5.75 Å². The third-order valence-corrected chi connectivity index (χ3v) is 7.83. The molecule has 1 saturated heterocycles. The largest absolute Gasteiger partial charge is 1.00 e. The van der Waals surface area contributed by atoms with Crippen molar-refractivity contribution < 1.29 is 92.8 Å². The number of aromatic nitrogens is 1. The fraction of sp³-hybridized carbons (Fsp3) is 0.310. The summed E-state index contributed by atoms with van der Waals surface area (Å²) in [4.78, 5) is 50.1. The van der Waals surface area contributed by atoms with E-state index in [0.717, 1.165) is 24.5 Å². The number of fused-ring (bicyclic) bond motifs is 1. The molecule has 43 heavy (non-hydrogen) atoms. The number of carbonyl (C=O) groups is 3. The molecule has 0 bridgehead atoms. The van der Waals surface area contributed by atoms with Crippen LogP contribution in [0.3, 0.4) is 0 Å². The number of ether oxygens (including phenoxy) is 1. The summed E-state index contributed by atoms with van der Waals surface area (Å²) < 4.78 is 22.9. The third-order valence-electron chi connectivity index (χ3n) is 7.43. The Kier molecular flexibility index (Phi) is 11.9. The summed E-state index contributed by atoms with van der Waals surface area (Å²) in [6.45, 7) is 0.701. The minimum atomic E-state index is -1.62. The van der Waals surface area contributed by atoms with Crippen molar-refractivity contribution in [1.82, 2.24) is 9.88 Å². The Balaban J connectivity index is 0.00000253. The Hall–Kier alpha value is -2.38. The van der Waals surface area contributed by atoms with Crippen LogP contribution in [0.5, 0.6) is 5.75 Å². The van der Waals surface area contributed by atoms with Crippen molar-refractivity contribution >= 4 is 46.0 Å². The molecule has 214 valence electrons. The first-order chi connectivity index (χ1) is 19.6. The summed E-state index contributed by atoms with van der Waals surface area (Å²) in [7, 11) is 1.37. The molecular weight excluding hydrogens is 603 g/mol. The van der Waals surface area contributed by atoms with E-state index in [0.29, 0.717) is 36.5 Å². The Bertz CT molecular complexity index is 1680. The molecule has 14 heteroatoms. The Morgan fingerprint density at radius 2 is 1.65 bits per heavy atom. The summed E-state index contributed by atoms with van der Waals surface area (Å²) in [5.74, 6) is -4.26. The maximum atomic E-state index is 15.6. The van der Waals surface area contributed by atoms with E-state index in [2.05, 4.69) is 5.32 Å². The molecule has 2 aliphatic rings. The fourth-order valence-corrected chi connectivity index (χ4v) is 5.48. The number of anilines is 1. The van der Waals surface area contributed by atoms with Crippen molar-refractivity contribution in [1.29, 1.82) is 0 Å². The van der Waals surface area contributed by atoms with E-state index < -0.39 is 34.7 Å². The number of aromatic carboxylic acids is 2. The molecule has 1 aromatic heterocycles. The zero-order valence-electron chi connectivity index (χ0n) is 24.0. The number of hydrogen-bond acceptors (Lipinski definition) is 8. The van der Waals surface area contributed by atoms with Crippen LogP contribution in [0.2, 0.25) is 0 Å². The van der Waals surface area contributed by atoms with Gasteiger partial charge in [-0.3, -0.25) is 9.59 Å². The van der Waals surface area contributed by atoms with E-state index in [4.69, 9.17) is 16.3 Å². The molecule has 1 aliphatic heterocycles. The molecule has 1 aliphatic carbocycles. The standard InChI is InChI=1S/C29H27ClFN3O7.2Na/c1-41-26-23-19(25(35)20(29(39)40)14-34(23)16-6-7-16)12-22(31)24(26)33-10-8-15(9-11-33)21(30)13-32-27(36)17-4-2-3-5-18(17)28(37)38;;/h2-5,12,14,16H,6-11,13H2,1H3,(H,32,36)(H,37,38)(H,39,40);;/q;2*+1/p-2. The van der Waals surface area contributed by atoms with Gasteiger partial charge in [0.25, 0.3) is 5.91 Å². The van der Waals surface area contributed by atoms with Gasteiger partial charge in [0.1, 0.15) is 5.69 Å². The van der Waals surface area contributed by atoms with Gasteiger partial charge >= 0.3 is 59.1 Å². The van der Waals surface area contributed by atoms with Crippen molar-refractivity contribution in [3.05, 3.63) is 79.9 Å². The molecule has 0 unspecified atom stereocenters. The van der Waals surface area contributed by atoms with Gasteiger partial charge in [0.05, 0.1) is 42.1 Å². The van der Waals surface area contributed by atoms with Gasteiger partial charge in [-0.25, -0.2) is 4.39 Å². The quantitative estimate of drug-likeness (QED) is 0.248. The van der Waals surface area contributed by atoms with E-state index >= 15 is 4.39 Å². The molecule has 1 amide bonds. The van der Waals surface area contributed by atoms with Crippen LogP contribution < -0.4 is 89.7 Å². The maximum absolute atomic E-state index is 15.6. The summed E-state index contributed by atoms with van der Waals surface area (Å²) >= 11 is 6.50. The number of nitrogens with zero attached hydrogens (tertiary/aromatic N) is 2. The number of carboxylic acid groups (broad SMARTS) is 2. The van der Waals surface area contributed by atoms with Gasteiger partial charge in [0.2, 0.25) is 0 Å². The normalized spacial score (nSPS) is 14.4. The fourth-order valence-electron chi connectivity index (χ4n) is 5.23. The number of carboxylic acids is 2. The minimum absolute atomic E-state index is 0. The Labute approximate surface area is 295 Å². The summed E-state index contributed by atoms with van der Waals surface area (Å²) in [5, 5.41) is 25.8. The van der Waals surface area contributed by atoms with Crippen molar-refractivity contribution in [2.45, 2.75) is 31.7 Å². The van der Waals surface area contributed by atoms with Crippen LogP contribution >= 0.6 is 11.6 Å². The van der Waals surface area contributed by atoms with Gasteiger partial charge in [-0.05, 0) is 37.8 Å². The first-order valence-corrected chi connectivity index (χ1v) is 13.4. The van der Waals surface area contributed by atoms with Crippen LogP contribution in [0.25, 0.3) is 10.9 Å². The van der Waals surface area contributed by atoms with Gasteiger partial charge in [0.15, 0.2) is 17.0 Å². The van der Waals surface area contributed by atoms with Crippen LogP contribution in [0.4, 0.5) is 10.1 Å². The van der Waals surface area contributed by atoms with Crippen LogP contribution in [-0.4, -0.2) is 49.2 Å². The molecule has 1 N–H and O–H groups in total. The summed E-state index contributed by atoms with van der Waals surface area (Å²) in [5.41, 5.74) is -0.275. The average molecular weight is 628 g/mol. The predicted molar refractivity (Wildman–Crippen MR) is 145 cm³/mol. The molecule has 5 rings (SSSR count). The monoisotopic (exact) mass is 627 g/mol. The molecular formula is C29H25ClFN3Na2O7. The maximum Gasteiger partial charge on any atom is 1.00 e. The van der Waals surface area contributed by atoms with Crippen molar-refractivity contribution in [2.75, 3.05) is 31.6 Å². The number of amides is 1. The third kappa shape index (κ3) is 7.14. The number of methoxy groups -OCH3 is 1. The van der Waals surface area contributed by atoms with Gasteiger partial charge in [-0.15, -0.1) is 0 Å². The van der Waals surface area contributed by atoms with Gasteiger partial charge in [-0.1, -0.05) is 35.4 Å². The number of pyridine rings is 1. The molecule has 10 nitrogen and oxygen atoms in total. The average Bonchev–Trinajstić information content (AvgIpc) is 3.81. The van der Waals surface area contributed by atoms with E-state index in [1.54, 1.807) is 15.5 Å². The molecule has 0 radical (unpaired) electrons. The van der Waals surface area contributed by atoms with Crippen molar-refractivity contribution in [3.63, 3.8) is 0 Å². The van der Waals surface area contributed by atoms with Crippen LogP contribution in [0, 0.1) is 5.82 Å². The molecule has 0 atom stereocenters. The molecule has 2 heterocycles. The second kappa shape index (κ2) is 14.6. The predicted octanol–water partition coefficient (Wildman–Crippen LogP) is -4.26. The van der Waals surface area contributed by atoms with Gasteiger partial charge in [-0.2, -0.15) is 0 Å². The molecule has 2 fully saturated rings. The summed E-state index contributed by atoms with van der Waals surface area (Å²) in [6, 6.07) is 6.73. The molecule has 3 aromatic rings. The van der Waals surface area contributed by atoms with Crippen LogP contribution in [0.15, 0.2) is 51.9 Å². The first kappa shape index (κ1) is 35.1. The molecule has 1 saturated carbocycles. The number of rotatable bonds is 8. The van der Waals surface area contributed by atoms with E-state index in [-0.39, 0.29) is 99.7 Å². The number of carbonyl (C=O) groups excluding carboxylic acids is 3.